The lowest BCUT2D eigenvalue weighted by molar-refractivity contribution is 0.108. The standard InChI is InChI=1S/C22H26N6O4S/c29-22(8-9-22)21-25-20(26-32-21)15-6-7-19(18(10-15)14-4-5-14)33(30,31)27-16-2-1-3-17(11-16)28-12-23-24-13-28/h6-7,10,12-14,16-17,27,29H,1-5,8-9,11H2. The number of nitrogens with zero attached hydrogens (tertiary/aromatic N) is 5. The normalized spacial score (nSPS) is 24.6. The van der Waals surface area contributed by atoms with Crippen LogP contribution in [0, 0.1) is 0 Å². The minimum Gasteiger partial charge on any atom is -0.380 e. The van der Waals surface area contributed by atoms with E-state index in [0.717, 1.165) is 37.7 Å². The number of nitrogens with one attached hydrogen (secondary N) is 1. The first-order valence-electron chi connectivity index (χ1n) is 11.5. The van der Waals surface area contributed by atoms with Gasteiger partial charge in [-0.05, 0) is 81.0 Å². The first kappa shape index (κ1) is 20.9. The number of hydrogen-bond donors (Lipinski definition) is 2. The minimum absolute atomic E-state index is 0.137. The lowest BCUT2D eigenvalue weighted by Gasteiger charge is -2.30. The van der Waals surface area contributed by atoms with Crippen LogP contribution in [0.3, 0.4) is 0 Å². The van der Waals surface area contributed by atoms with Gasteiger partial charge >= 0.3 is 0 Å². The number of rotatable bonds is 7. The second kappa shape index (κ2) is 7.71. The fraction of sp³-hybridized carbons (Fsp3) is 0.545. The Bertz CT molecular complexity index is 1260. The van der Waals surface area contributed by atoms with Gasteiger partial charge in [-0.1, -0.05) is 5.16 Å². The molecule has 3 aliphatic rings. The highest BCUT2D eigenvalue weighted by Crippen LogP contribution is 2.46. The fourth-order valence-corrected chi connectivity index (χ4v) is 6.29. The molecule has 2 aromatic heterocycles. The summed E-state index contributed by atoms with van der Waals surface area (Å²) in [7, 11) is -3.69. The molecule has 0 bridgehead atoms. The van der Waals surface area contributed by atoms with E-state index >= 15 is 0 Å². The highest BCUT2D eigenvalue weighted by atomic mass is 32.2. The molecule has 0 spiro atoms. The van der Waals surface area contributed by atoms with Crippen molar-refractivity contribution in [2.24, 2.45) is 0 Å². The zero-order valence-electron chi connectivity index (χ0n) is 18.1. The number of aromatic nitrogens is 5. The van der Waals surface area contributed by atoms with Gasteiger partial charge in [-0.2, -0.15) is 4.98 Å². The topological polar surface area (TPSA) is 136 Å². The molecule has 2 heterocycles. The van der Waals surface area contributed by atoms with Crippen LogP contribution in [0.4, 0.5) is 0 Å². The second-order valence-electron chi connectivity index (χ2n) is 9.53. The number of sulfonamides is 1. The maximum Gasteiger partial charge on any atom is 0.258 e. The Morgan fingerprint density at radius 1 is 1.12 bits per heavy atom. The van der Waals surface area contributed by atoms with E-state index in [2.05, 4.69) is 25.1 Å². The van der Waals surface area contributed by atoms with Crippen LogP contribution >= 0.6 is 0 Å². The van der Waals surface area contributed by atoms with Gasteiger partial charge in [0.1, 0.15) is 18.3 Å². The average molecular weight is 471 g/mol. The SMILES string of the molecule is O=S(=O)(NC1CCCC(n2cnnc2)C1)c1ccc(-c2noc(C3(O)CC3)n2)cc1C1CC1. The molecule has 6 rings (SSSR count). The van der Waals surface area contributed by atoms with Crippen molar-refractivity contribution in [3.8, 4) is 11.4 Å². The summed E-state index contributed by atoms with van der Waals surface area (Å²) >= 11 is 0. The van der Waals surface area contributed by atoms with Crippen LogP contribution in [0.25, 0.3) is 11.4 Å². The maximum absolute atomic E-state index is 13.4. The number of hydrogen-bond acceptors (Lipinski definition) is 8. The van der Waals surface area contributed by atoms with E-state index in [-0.39, 0.29) is 23.9 Å². The summed E-state index contributed by atoms with van der Waals surface area (Å²) in [5.74, 6) is 0.809. The first-order valence-corrected chi connectivity index (χ1v) is 13.0. The van der Waals surface area contributed by atoms with Gasteiger partial charge in [-0.3, -0.25) is 0 Å². The van der Waals surface area contributed by atoms with Gasteiger partial charge in [-0.25, -0.2) is 13.1 Å². The monoisotopic (exact) mass is 470 g/mol. The molecule has 3 fully saturated rings. The van der Waals surface area contributed by atoms with Gasteiger partial charge in [0.05, 0.1) is 4.90 Å². The summed E-state index contributed by atoms with van der Waals surface area (Å²) in [5, 5.41) is 22.0. The van der Waals surface area contributed by atoms with E-state index in [4.69, 9.17) is 4.52 Å². The van der Waals surface area contributed by atoms with Crippen molar-refractivity contribution in [1.82, 2.24) is 29.6 Å². The maximum atomic E-state index is 13.4. The van der Waals surface area contributed by atoms with E-state index in [0.29, 0.717) is 35.5 Å². The van der Waals surface area contributed by atoms with E-state index in [1.807, 2.05) is 10.6 Å². The lowest BCUT2D eigenvalue weighted by atomic mass is 9.91. The van der Waals surface area contributed by atoms with Crippen LogP contribution in [-0.4, -0.2) is 44.5 Å². The van der Waals surface area contributed by atoms with Gasteiger partial charge in [0, 0.05) is 17.6 Å². The molecular weight excluding hydrogens is 444 g/mol. The van der Waals surface area contributed by atoms with Crippen molar-refractivity contribution in [3.05, 3.63) is 42.3 Å². The quantitative estimate of drug-likeness (QED) is 0.538. The molecule has 11 heteroatoms. The van der Waals surface area contributed by atoms with Gasteiger partial charge in [0.2, 0.25) is 15.8 Å². The molecule has 10 nitrogen and oxygen atoms in total. The molecule has 3 saturated carbocycles. The van der Waals surface area contributed by atoms with Crippen LogP contribution in [0.5, 0.6) is 0 Å². The van der Waals surface area contributed by atoms with Crippen molar-refractivity contribution >= 4 is 10.0 Å². The van der Waals surface area contributed by atoms with Crippen LogP contribution in [0.2, 0.25) is 0 Å². The fourth-order valence-electron chi connectivity index (χ4n) is 4.73. The third-order valence-electron chi connectivity index (χ3n) is 6.95. The van der Waals surface area contributed by atoms with Crippen molar-refractivity contribution in [1.29, 1.82) is 0 Å². The Labute approximate surface area is 191 Å². The molecule has 0 radical (unpaired) electrons. The third-order valence-corrected chi connectivity index (χ3v) is 8.54. The molecule has 0 saturated heterocycles. The van der Waals surface area contributed by atoms with E-state index in [1.54, 1.807) is 24.8 Å². The second-order valence-corrected chi connectivity index (χ2v) is 11.2. The summed E-state index contributed by atoms with van der Waals surface area (Å²) < 4.78 is 37.0. The largest absolute Gasteiger partial charge is 0.380 e. The third kappa shape index (κ3) is 4.09. The minimum atomic E-state index is -3.69. The Kier molecular flexibility index (Phi) is 4.89. The van der Waals surface area contributed by atoms with E-state index in [1.165, 1.54) is 0 Å². The predicted octanol–water partition coefficient (Wildman–Crippen LogP) is 2.65. The molecule has 2 N–H and O–H groups in total. The molecule has 2 atom stereocenters. The van der Waals surface area contributed by atoms with Gasteiger partial charge in [0.25, 0.3) is 5.89 Å². The molecule has 0 aliphatic heterocycles. The van der Waals surface area contributed by atoms with Crippen LogP contribution in [-0.2, 0) is 15.6 Å². The van der Waals surface area contributed by atoms with Crippen molar-refractivity contribution in [2.45, 2.75) is 79.9 Å². The zero-order chi connectivity index (χ0) is 22.6. The summed E-state index contributed by atoms with van der Waals surface area (Å²) in [6.07, 6.45) is 9.98. The van der Waals surface area contributed by atoms with Crippen molar-refractivity contribution in [3.63, 3.8) is 0 Å². The molecule has 2 unspecified atom stereocenters. The highest BCUT2D eigenvalue weighted by Gasteiger charge is 2.47. The summed E-state index contributed by atoms with van der Waals surface area (Å²) in [5.41, 5.74) is 0.491. The Balaban J connectivity index is 1.25. The number of benzene rings is 1. The molecular formula is C22H26N6O4S. The lowest BCUT2D eigenvalue weighted by Crippen LogP contribution is -2.39. The predicted molar refractivity (Wildman–Crippen MR) is 116 cm³/mol. The summed E-state index contributed by atoms with van der Waals surface area (Å²) in [4.78, 5) is 4.67. The molecule has 3 aliphatic carbocycles. The van der Waals surface area contributed by atoms with Gasteiger partial charge in [0.15, 0.2) is 0 Å². The van der Waals surface area contributed by atoms with E-state index in [9.17, 15) is 13.5 Å². The Hall–Kier alpha value is -2.63. The highest BCUT2D eigenvalue weighted by molar-refractivity contribution is 7.89. The van der Waals surface area contributed by atoms with Gasteiger partial charge in [-0.15, -0.1) is 10.2 Å². The Morgan fingerprint density at radius 2 is 1.91 bits per heavy atom. The van der Waals surface area contributed by atoms with E-state index < -0.39 is 15.6 Å². The Morgan fingerprint density at radius 3 is 2.64 bits per heavy atom. The number of aliphatic hydroxyl groups is 1. The van der Waals surface area contributed by atoms with Crippen molar-refractivity contribution < 1.29 is 18.0 Å². The smallest absolute Gasteiger partial charge is 0.258 e. The first-order chi connectivity index (χ1) is 15.9. The van der Waals surface area contributed by atoms with Crippen LogP contribution in [0.15, 0.2) is 40.3 Å². The average Bonchev–Trinajstić information content (AvgIpc) is 3.66. The van der Waals surface area contributed by atoms with Gasteiger partial charge < -0.3 is 14.2 Å². The van der Waals surface area contributed by atoms with Crippen LogP contribution < -0.4 is 4.72 Å². The summed E-state index contributed by atoms with van der Waals surface area (Å²) in [6, 6.07) is 5.28. The zero-order valence-corrected chi connectivity index (χ0v) is 18.9. The molecule has 33 heavy (non-hydrogen) atoms. The summed E-state index contributed by atoms with van der Waals surface area (Å²) in [6.45, 7) is 0. The molecule has 3 aromatic rings. The molecule has 0 amide bonds. The van der Waals surface area contributed by atoms with Crippen LogP contribution in [0.1, 0.15) is 74.8 Å². The molecule has 1 aromatic carbocycles. The van der Waals surface area contributed by atoms with Crippen molar-refractivity contribution in [2.75, 3.05) is 0 Å². The molecule has 174 valence electrons.